The van der Waals surface area contributed by atoms with Gasteiger partial charge in [-0.3, -0.25) is 14.9 Å². The Morgan fingerprint density at radius 1 is 1.18 bits per heavy atom. The number of carboxylic acids is 1. The molecule has 1 N–H and O–H groups in total. The molecular weight excluding hydrogens is 364 g/mol. The molecule has 0 bridgehead atoms. The zero-order valence-corrected chi connectivity index (χ0v) is 16.7. The average molecular weight is 394 g/mol. The number of para-hydroxylation sites is 1. The minimum absolute atomic E-state index is 0.0251. The third-order valence-corrected chi connectivity index (χ3v) is 4.54. The molecule has 28 heavy (non-hydrogen) atoms. The molecule has 1 aromatic carbocycles. The van der Waals surface area contributed by atoms with Crippen molar-refractivity contribution < 1.29 is 24.4 Å². The zero-order chi connectivity index (χ0) is 20.9. The van der Waals surface area contributed by atoms with Gasteiger partial charge in [-0.15, -0.1) is 0 Å². The van der Waals surface area contributed by atoms with E-state index in [1.807, 2.05) is 0 Å². The van der Waals surface area contributed by atoms with E-state index in [4.69, 9.17) is 9.84 Å². The second-order valence-corrected chi connectivity index (χ2v) is 6.76. The third kappa shape index (κ3) is 8.04. The third-order valence-electron chi connectivity index (χ3n) is 4.54. The monoisotopic (exact) mass is 394 g/mol. The quantitative estimate of drug-likeness (QED) is 0.293. The summed E-state index contributed by atoms with van der Waals surface area (Å²) in [6.07, 6.45) is 7.07. The number of likely N-dealkylation sites (N-methyl/N-ethyl adjacent to an activating group) is 1. The van der Waals surface area contributed by atoms with Gasteiger partial charge in [0.05, 0.1) is 4.92 Å². The number of carbonyl (C=O) groups excluding carboxylic acids is 1. The van der Waals surface area contributed by atoms with Crippen LogP contribution in [0.25, 0.3) is 0 Å². The van der Waals surface area contributed by atoms with E-state index in [1.165, 1.54) is 48.8 Å². The summed E-state index contributed by atoms with van der Waals surface area (Å²) in [4.78, 5) is 35.3. The van der Waals surface area contributed by atoms with Gasteiger partial charge in [0, 0.05) is 25.8 Å². The minimum Gasteiger partial charge on any atom is -0.477 e. The van der Waals surface area contributed by atoms with Gasteiger partial charge in [-0.2, -0.15) is 0 Å². The Hall–Kier alpha value is -2.48. The topological polar surface area (TPSA) is 110 Å². The number of hydrogen-bond donors (Lipinski definition) is 1. The van der Waals surface area contributed by atoms with Crippen molar-refractivity contribution in [2.75, 3.05) is 26.8 Å². The molecule has 0 aromatic heterocycles. The van der Waals surface area contributed by atoms with Crippen molar-refractivity contribution in [3.63, 3.8) is 0 Å². The lowest BCUT2D eigenvalue weighted by Crippen LogP contribution is -2.32. The van der Waals surface area contributed by atoms with Crippen molar-refractivity contribution in [3.8, 4) is 0 Å². The van der Waals surface area contributed by atoms with Crippen LogP contribution in [0.2, 0.25) is 0 Å². The molecule has 0 aliphatic carbocycles. The van der Waals surface area contributed by atoms with Crippen LogP contribution in [0.5, 0.6) is 0 Å². The van der Waals surface area contributed by atoms with E-state index in [0.717, 1.165) is 12.8 Å². The molecule has 0 radical (unpaired) electrons. The number of nitrogens with zero attached hydrogens (tertiary/aromatic N) is 2. The number of carboxylic acid groups (broad SMARTS) is 1. The molecule has 0 aliphatic rings. The largest absolute Gasteiger partial charge is 0.477 e. The Balaban J connectivity index is 2.42. The van der Waals surface area contributed by atoms with Crippen LogP contribution in [-0.4, -0.2) is 53.6 Å². The molecule has 1 aromatic rings. The highest BCUT2D eigenvalue weighted by atomic mass is 16.6. The summed E-state index contributed by atoms with van der Waals surface area (Å²) in [5.41, 5.74) is -0.480. The summed E-state index contributed by atoms with van der Waals surface area (Å²) >= 11 is 0. The zero-order valence-electron chi connectivity index (χ0n) is 16.7. The average Bonchev–Trinajstić information content (AvgIpc) is 2.67. The molecule has 0 unspecified atom stereocenters. The molecule has 156 valence electrons. The molecule has 0 fully saturated rings. The number of hydrogen-bond acceptors (Lipinski definition) is 5. The van der Waals surface area contributed by atoms with Gasteiger partial charge < -0.3 is 14.7 Å². The Labute approximate surface area is 165 Å². The number of amides is 1. The molecule has 0 saturated heterocycles. The maximum atomic E-state index is 12.1. The van der Waals surface area contributed by atoms with Crippen LogP contribution in [0.15, 0.2) is 18.2 Å². The number of rotatable bonds is 14. The number of ether oxygens (including phenoxy) is 1. The van der Waals surface area contributed by atoms with Gasteiger partial charge in [-0.05, 0) is 18.9 Å². The summed E-state index contributed by atoms with van der Waals surface area (Å²) in [6.45, 7) is 2.93. The number of carbonyl (C=O) groups is 2. The van der Waals surface area contributed by atoms with Gasteiger partial charge in [-0.1, -0.05) is 51.2 Å². The van der Waals surface area contributed by atoms with Gasteiger partial charge in [0.15, 0.2) is 0 Å². The normalized spacial score (nSPS) is 10.6. The van der Waals surface area contributed by atoms with E-state index in [1.54, 1.807) is 7.05 Å². The Morgan fingerprint density at radius 2 is 1.86 bits per heavy atom. The van der Waals surface area contributed by atoms with Crippen LogP contribution in [0.1, 0.15) is 61.4 Å². The van der Waals surface area contributed by atoms with Crippen molar-refractivity contribution in [3.05, 3.63) is 39.4 Å². The predicted molar refractivity (Wildman–Crippen MR) is 106 cm³/mol. The fourth-order valence-corrected chi connectivity index (χ4v) is 2.85. The number of nitro benzene ring substituents is 1. The number of benzene rings is 1. The molecule has 0 atom stereocenters. The molecule has 8 heteroatoms. The highest BCUT2D eigenvalue weighted by molar-refractivity contribution is 5.93. The summed E-state index contributed by atoms with van der Waals surface area (Å²) in [6, 6.07) is 4.18. The van der Waals surface area contributed by atoms with Crippen LogP contribution in [0, 0.1) is 10.1 Å². The van der Waals surface area contributed by atoms with E-state index in [0.29, 0.717) is 6.61 Å². The molecule has 8 nitrogen and oxygen atoms in total. The Bertz CT molecular complexity index is 662. The summed E-state index contributed by atoms with van der Waals surface area (Å²) in [5.74, 6) is -1.55. The van der Waals surface area contributed by atoms with Crippen LogP contribution < -0.4 is 0 Å². The smallest absolute Gasteiger partial charge is 0.342 e. The van der Waals surface area contributed by atoms with Crippen LogP contribution in [0.3, 0.4) is 0 Å². The predicted octanol–water partition coefficient (Wildman–Crippen LogP) is 3.67. The van der Waals surface area contributed by atoms with E-state index in [2.05, 4.69) is 6.92 Å². The van der Waals surface area contributed by atoms with Crippen molar-refractivity contribution in [2.45, 2.75) is 51.9 Å². The Kier molecular flexibility index (Phi) is 10.8. The second kappa shape index (κ2) is 12.8. The number of nitro groups is 1. The fraction of sp³-hybridized carbons (Fsp3) is 0.600. The first-order valence-corrected chi connectivity index (χ1v) is 9.69. The highest BCUT2D eigenvalue weighted by Crippen LogP contribution is 2.24. The Morgan fingerprint density at radius 3 is 2.50 bits per heavy atom. The van der Waals surface area contributed by atoms with Crippen molar-refractivity contribution in [2.24, 2.45) is 0 Å². The van der Waals surface area contributed by atoms with Gasteiger partial charge >= 0.3 is 5.97 Å². The highest BCUT2D eigenvalue weighted by Gasteiger charge is 2.24. The van der Waals surface area contributed by atoms with Crippen molar-refractivity contribution in [1.82, 2.24) is 4.90 Å². The molecule has 0 aliphatic heterocycles. The lowest BCUT2D eigenvalue weighted by atomic mass is 10.0. The van der Waals surface area contributed by atoms with Gasteiger partial charge in [-0.25, -0.2) is 4.79 Å². The summed E-state index contributed by atoms with van der Waals surface area (Å²) < 4.78 is 5.41. The number of aromatic carboxylic acids is 1. The van der Waals surface area contributed by atoms with E-state index in [-0.39, 0.29) is 36.6 Å². The van der Waals surface area contributed by atoms with Gasteiger partial charge in [0.25, 0.3) is 5.69 Å². The van der Waals surface area contributed by atoms with Crippen LogP contribution >= 0.6 is 0 Å². The molecule has 0 heterocycles. The van der Waals surface area contributed by atoms with E-state index >= 15 is 0 Å². The van der Waals surface area contributed by atoms with Crippen LogP contribution in [0.4, 0.5) is 5.69 Å². The van der Waals surface area contributed by atoms with Crippen molar-refractivity contribution >= 4 is 17.6 Å². The molecule has 1 amide bonds. The standard InChI is InChI=1S/C20H30N2O6/c1-3-4-5-6-7-8-14-28-15-18(23)21(2)13-12-16-10-9-11-17(20(24)25)19(16)22(26)27/h9-11H,3-8,12-15H2,1-2H3,(H,24,25). The molecule has 0 spiro atoms. The fourth-order valence-electron chi connectivity index (χ4n) is 2.85. The minimum atomic E-state index is -1.35. The second-order valence-electron chi connectivity index (χ2n) is 6.76. The SMILES string of the molecule is CCCCCCCCOCC(=O)N(C)CCc1cccc(C(=O)O)c1[N+](=O)[O-]. The van der Waals surface area contributed by atoms with E-state index < -0.39 is 16.6 Å². The van der Waals surface area contributed by atoms with Crippen molar-refractivity contribution in [1.29, 1.82) is 0 Å². The first kappa shape index (κ1) is 23.6. The van der Waals surface area contributed by atoms with Gasteiger partial charge in [0.1, 0.15) is 12.2 Å². The maximum Gasteiger partial charge on any atom is 0.342 e. The van der Waals surface area contributed by atoms with E-state index in [9.17, 15) is 19.7 Å². The number of unbranched alkanes of at least 4 members (excludes halogenated alkanes) is 5. The lowest BCUT2D eigenvalue weighted by molar-refractivity contribution is -0.385. The lowest BCUT2D eigenvalue weighted by Gasteiger charge is -2.17. The maximum absolute atomic E-state index is 12.1. The molecule has 1 rings (SSSR count). The van der Waals surface area contributed by atoms with Gasteiger partial charge in [0.2, 0.25) is 5.91 Å². The molecular formula is C20H30N2O6. The first-order chi connectivity index (χ1) is 13.4. The summed E-state index contributed by atoms with van der Waals surface area (Å²) in [7, 11) is 1.60. The summed E-state index contributed by atoms with van der Waals surface area (Å²) in [5, 5.41) is 20.4. The first-order valence-electron chi connectivity index (χ1n) is 9.69. The van der Waals surface area contributed by atoms with Crippen LogP contribution in [-0.2, 0) is 16.0 Å². The molecule has 0 saturated carbocycles.